The number of carbonyl (C=O) groups excluding carboxylic acids is 3. The number of amides is 4. The maximum atomic E-state index is 12.7. The Morgan fingerprint density at radius 1 is 1.04 bits per heavy atom. The lowest BCUT2D eigenvalue weighted by atomic mass is 10.0. The lowest BCUT2D eigenvalue weighted by Crippen LogP contribution is -2.53. The fraction of sp³-hybridized carbons (Fsp3) is 0.789. The van der Waals surface area contributed by atoms with E-state index in [0.717, 1.165) is 25.7 Å². The molecule has 0 aromatic rings. The highest BCUT2D eigenvalue weighted by Crippen LogP contribution is 2.25. The van der Waals surface area contributed by atoms with E-state index < -0.39 is 30.0 Å². The van der Waals surface area contributed by atoms with Crippen LogP contribution in [0.3, 0.4) is 0 Å². The Labute approximate surface area is 166 Å². The van der Waals surface area contributed by atoms with Crippen LogP contribution in [0.25, 0.3) is 0 Å². The van der Waals surface area contributed by atoms with Crippen molar-refractivity contribution in [3.63, 3.8) is 0 Å². The van der Waals surface area contributed by atoms with Crippen molar-refractivity contribution >= 4 is 23.8 Å². The summed E-state index contributed by atoms with van der Waals surface area (Å²) in [5, 5.41) is 16.3. The van der Waals surface area contributed by atoms with Gasteiger partial charge in [0.25, 0.3) is 0 Å². The van der Waals surface area contributed by atoms with Crippen LogP contribution < -0.4 is 21.7 Å². The number of nitrogens with two attached hydrogens (primary N) is 1. The Balaban J connectivity index is 2.67. The molecule has 1 fully saturated rings. The number of carboxylic acid groups (broad SMARTS) is 1. The van der Waals surface area contributed by atoms with Crippen LogP contribution >= 0.6 is 0 Å². The molecule has 0 heterocycles. The molecule has 6 N–H and O–H groups in total. The number of hydrogen-bond donors (Lipinski definition) is 5. The molecule has 9 heteroatoms. The summed E-state index contributed by atoms with van der Waals surface area (Å²) in [6.45, 7) is 4.13. The average molecular weight is 399 g/mol. The Hall–Kier alpha value is -2.32. The van der Waals surface area contributed by atoms with Crippen LogP contribution in [-0.2, 0) is 14.4 Å². The Kier molecular flexibility index (Phi) is 10.3. The van der Waals surface area contributed by atoms with Crippen LogP contribution in [0.1, 0.15) is 65.2 Å². The predicted molar refractivity (Wildman–Crippen MR) is 104 cm³/mol. The Morgan fingerprint density at radius 2 is 1.68 bits per heavy atom. The van der Waals surface area contributed by atoms with Gasteiger partial charge in [-0.15, -0.1) is 0 Å². The van der Waals surface area contributed by atoms with Crippen molar-refractivity contribution in [1.82, 2.24) is 16.0 Å². The quantitative estimate of drug-likeness (QED) is 0.312. The first-order valence-corrected chi connectivity index (χ1v) is 10.1. The second kappa shape index (κ2) is 12.2. The van der Waals surface area contributed by atoms with E-state index >= 15 is 0 Å². The molecule has 1 saturated carbocycles. The van der Waals surface area contributed by atoms with Crippen LogP contribution in [0.2, 0.25) is 0 Å². The fourth-order valence-corrected chi connectivity index (χ4v) is 3.41. The minimum Gasteiger partial charge on any atom is -0.465 e. The van der Waals surface area contributed by atoms with Gasteiger partial charge in [-0.1, -0.05) is 26.7 Å². The van der Waals surface area contributed by atoms with Gasteiger partial charge in [0.2, 0.25) is 17.7 Å². The van der Waals surface area contributed by atoms with Crippen molar-refractivity contribution in [2.45, 2.75) is 77.3 Å². The number of primary amides is 1. The van der Waals surface area contributed by atoms with Gasteiger partial charge in [0, 0.05) is 12.5 Å². The highest BCUT2D eigenvalue weighted by Gasteiger charge is 2.29. The lowest BCUT2D eigenvalue weighted by Gasteiger charge is -2.24. The molecule has 28 heavy (non-hydrogen) atoms. The molecule has 0 unspecified atom stereocenters. The average Bonchev–Trinajstić information content (AvgIpc) is 3.13. The largest absolute Gasteiger partial charge is 0.465 e. The summed E-state index contributed by atoms with van der Waals surface area (Å²) in [5.74, 6) is -1.07. The number of unbranched alkanes of at least 4 members (excludes halogenated alkanes) is 1. The van der Waals surface area contributed by atoms with Crippen molar-refractivity contribution in [1.29, 1.82) is 0 Å². The number of nitrogens with one attached hydrogen (secondary N) is 3. The highest BCUT2D eigenvalue weighted by molar-refractivity contribution is 5.92. The SMILES string of the molecule is CC(C)C[C@H](NC(=O)[C@H](CCCCNC(=O)O)NC(=O)C1CCCC1)C(N)=O. The summed E-state index contributed by atoms with van der Waals surface area (Å²) in [5.41, 5.74) is 5.40. The summed E-state index contributed by atoms with van der Waals surface area (Å²) in [4.78, 5) is 47.3. The second-order valence-electron chi connectivity index (χ2n) is 7.86. The topological polar surface area (TPSA) is 151 Å². The molecule has 9 nitrogen and oxygen atoms in total. The zero-order valence-electron chi connectivity index (χ0n) is 16.8. The molecular formula is C19H34N4O5. The summed E-state index contributed by atoms with van der Waals surface area (Å²) in [6, 6.07) is -1.56. The third-order valence-electron chi connectivity index (χ3n) is 4.92. The molecule has 1 aliphatic rings. The van der Waals surface area contributed by atoms with Gasteiger partial charge < -0.3 is 26.8 Å². The van der Waals surface area contributed by atoms with Gasteiger partial charge in [-0.2, -0.15) is 0 Å². The monoisotopic (exact) mass is 398 g/mol. The van der Waals surface area contributed by atoms with Crippen LogP contribution in [0.5, 0.6) is 0 Å². The number of hydrogen-bond acceptors (Lipinski definition) is 4. The molecule has 4 amide bonds. The van der Waals surface area contributed by atoms with E-state index in [-0.39, 0.29) is 24.3 Å². The van der Waals surface area contributed by atoms with Gasteiger partial charge in [0.15, 0.2) is 0 Å². The first-order valence-electron chi connectivity index (χ1n) is 10.1. The molecule has 2 atom stereocenters. The second-order valence-corrected chi connectivity index (χ2v) is 7.86. The Bertz CT molecular complexity index is 546. The maximum Gasteiger partial charge on any atom is 0.404 e. The van der Waals surface area contributed by atoms with E-state index in [4.69, 9.17) is 10.8 Å². The normalized spacial score (nSPS) is 16.4. The zero-order chi connectivity index (χ0) is 21.1. The fourth-order valence-electron chi connectivity index (χ4n) is 3.41. The standard InChI is InChI=1S/C19H34N4O5/c1-12(2)11-15(16(20)24)23-18(26)14(9-5-6-10-21-19(27)28)22-17(25)13-7-3-4-8-13/h12-15,21H,3-11H2,1-2H3,(H2,20,24)(H,22,25)(H,23,26)(H,27,28)/t14-,15-/m0/s1. The molecular weight excluding hydrogens is 364 g/mol. The Morgan fingerprint density at radius 3 is 2.21 bits per heavy atom. The minimum absolute atomic E-state index is 0.0772. The molecule has 160 valence electrons. The zero-order valence-corrected chi connectivity index (χ0v) is 16.8. The van der Waals surface area contributed by atoms with E-state index in [0.29, 0.717) is 25.7 Å². The highest BCUT2D eigenvalue weighted by atomic mass is 16.4. The van der Waals surface area contributed by atoms with Crippen molar-refractivity contribution in [3.8, 4) is 0 Å². The molecule has 0 spiro atoms. The van der Waals surface area contributed by atoms with Crippen LogP contribution in [0, 0.1) is 11.8 Å². The van der Waals surface area contributed by atoms with Crippen molar-refractivity contribution in [3.05, 3.63) is 0 Å². The van der Waals surface area contributed by atoms with Gasteiger partial charge in [0.1, 0.15) is 12.1 Å². The molecule has 0 aliphatic heterocycles. The van der Waals surface area contributed by atoms with Gasteiger partial charge in [-0.05, 0) is 44.4 Å². The molecule has 0 saturated heterocycles. The van der Waals surface area contributed by atoms with E-state index in [1.807, 2.05) is 13.8 Å². The van der Waals surface area contributed by atoms with E-state index in [1.165, 1.54) is 0 Å². The van der Waals surface area contributed by atoms with Gasteiger partial charge in [0.05, 0.1) is 0 Å². The van der Waals surface area contributed by atoms with E-state index in [9.17, 15) is 19.2 Å². The van der Waals surface area contributed by atoms with Gasteiger partial charge >= 0.3 is 6.09 Å². The molecule has 1 aliphatic carbocycles. The summed E-state index contributed by atoms with van der Waals surface area (Å²) in [6.07, 6.45) is 4.44. The molecule has 0 bridgehead atoms. The van der Waals surface area contributed by atoms with E-state index in [2.05, 4.69) is 16.0 Å². The number of carbonyl (C=O) groups is 4. The van der Waals surface area contributed by atoms with Gasteiger partial charge in [-0.3, -0.25) is 14.4 Å². The first kappa shape index (κ1) is 23.7. The van der Waals surface area contributed by atoms with Crippen LogP contribution in [0.15, 0.2) is 0 Å². The van der Waals surface area contributed by atoms with Crippen molar-refractivity contribution in [2.24, 2.45) is 17.6 Å². The molecule has 0 radical (unpaired) electrons. The van der Waals surface area contributed by atoms with E-state index in [1.54, 1.807) is 0 Å². The third kappa shape index (κ3) is 9.05. The molecule has 0 aromatic heterocycles. The number of rotatable bonds is 12. The summed E-state index contributed by atoms with van der Waals surface area (Å²) < 4.78 is 0. The van der Waals surface area contributed by atoms with Crippen LogP contribution in [-0.4, -0.2) is 47.5 Å². The maximum absolute atomic E-state index is 12.7. The van der Waals surface area contributed by atoms with Crippen molar-refractivity contribution in [2.75, 3.05) is 6.54 Å². The van der Waals surface area contributed by atoms with Crippen molar-refractivity contribution < 1.29 is 24.3 Å². The van der Waals surface area contributed by atoms with Gasteiger partial charge in [-0.25, -0.2) is 4.79 Å². The smallest absolute Gasteiger partial charge is 0.404 e. The van der Waals surface area contributed by atoms with Crippen LogP contribution in [0.4, 0.5) is 4.79 Å². The molecule has 1 rings (SSSR count). The first-order chi connectivity index (χ1) is 13.2. The third-order valence-corrected chi connectivity index (χ3v) is 4.92. The predicted octanol–water partition coefficient (Wildman–Crippen LogP) is 1.12. The summed E-state index contributed by atoms with van der Waals surface area (Å²) in [7, 11) is 0. The lowest BCUT2D eigenvalue weighted by molar-refractivity contribution is -0.133. The minimum atomic E-state index is -1.10. The summed E-state index contributed by atoms with van der Waals surface area (Å²) >= 11 is 0. The molecule has 0 aromatic carbocycles.